The summed E-state index contributed by atoms with van der Waals surface area (Å²) < 4.78 is 0. The topological polar surface area (TPSA) is 32.3 Å². The average molecular weight is 279 g/mol. The first kappa shape index (κ1) is 12.9. The normalized spacial score (nSPS) is 25.7. The van der Waals surface area contributed by atoms with E-state index < -0.39 is 0 Å². The van der Waals surface area contributed by atoms with Crippen LogP contribution in [-0.2, 0) is 10.2 Å². The summed E-state index contributed by atoms with van der Waals surface area (Å²) in [6.45, 7) is 6.51. The van der Waals surface area contributed by atoms with E-state index in [4.69, 9.17) is 11.6 Å². The van der Waals surface area contributed by atoms with Gasteiger partial charge in [-0.15, -0.1) is 0 Å². The fraction of sp³-hybridized carbons (Fsp3) is 0.533. The van der Waals surface area contributed by atoms with Crippen molar-refractivity contribution < 1.29 is 4.79 Å². The summed E-state index contributed by atoms with van der Waals surface area (Å²) in [5, 5.41) is 4.21. The van der Waals surface area contributed by atoms with Crippen LogP contribution < -0.4 is 10.2 Å². The third kappa shape index (κ3) is 1.87. The second-order valence-electron chi connectivity index (χ2n) is 5.70. The van der Waals surface area contributed by atoms with Gasteiger partial charge in [-0.05, 0) is 43.5 Å². The number of fused-ring (bicyclic) bond motifs is 2. The number of hydrogen-bond donors (Lipinski definition) is 1. The van der Waals surface area contributed by atoms with Crippen molar-refractivity contribution in [2.24, 2.45) is 0 Å². The van der Waals surface area contributed by atoms with Crippen molar-refractivity contribution >= 4 is 23.2 Å². The molecule has 1 unspecified atom stereocenters. The van der Waals surface area contributed by atoms with E-state index in [1.54, 1.807) is 6.92 Å². The van der Waals surface area contributed by atoms with Crippen LogP contribution in [0.2, 0.25) is 5.02 Å². The Labute approximate surface area is 118 Å². The molecule has 0 saturated carbocycles. The molecule has 3 rings (SSSR count). The van der Waals surface area contributed by atoms with Gasteiger partial charge in [0.15, 0.2) is 0 Å². The van der Waals surface area contributed by atoms with Crippen LogP contribution in [0.1, 0.15) is 30.9 Å². The lowest BCUT2D eigenvalue weighted by atomic mass is 9.73. The molecule has 2 aliphatic rings. The van der Waals surface area contributed by atoms with E-state index in [1.165, 1.54) is 5.56 Å². The Hall–Kier alpha value is -1.06. The Morgan fingerprint density at radius 1 is 1.42 bits per heavy atom. The van der Waals surface area contributed by atoms with E-state index in [9.17, 15) is 4.79 Å². The van der Waals surface area contributed by atoms with Gasteiger partial charge in [0.25, 0.3) is 0 Å². The lowest BCUT2D eigenvalue weighted by molar-refractivity contribution is -0.116. The van der Waals surface area contributed by atoms with Gasteiger partial charge < -0.3 is 10.2 Å². The Morgan fingerprint density at radius 2 is 2.21 bits per heavy atom. The molecule has 1 N–H and O–H groups in total. The molecule has 1 atom stereocenters. The second kappa shape index (κ2) is 4.50. The summed E-state index contributed by atoms with van der Waals surface area (Å²) in [5.41, 5.74) is 3.56. The summed E-state index contributed by atoms with van der Waals surface area (Å²) in [5.74, 6) is 0.104. The highest BCUT2D eigenvalue weighted by Crippen LogP contribution is 2.46. The van der Waals surface area contributed by atoms with Crippen LogP contribution in [0.25, 0.3) is 0 Å². The highest BCUT2D eigenvalue weighted by atomic mass is 35.5. The van der Waals surface area contributed by atoms with Crippen molar-refractivity contribution in [2.75, 3.05) is 24.5 Å². The van der Waals surface area contributed by atoms with E-state index in [2.05, 4.69) is 11.4 Å². The first-order chi connectivity index (χ1) is 9.05. The number of rotatable bonds is 0. The Balaban J connectivity index is 2.20. The number of benzene rings is 1. The third-order valence-corrected chi connectivity index (χ3v) is 5.05. The standard InChI is InChI=1S/C15H19ClN2O/c1-10-13(16)4-3-12-14(10)18(11(2)19)8-6-15(12)5-7-17-9-15/h3-4,17H,5-9H2,1-2H3. The van der Waals surface area contributed by atoms with Gasteiger partial charge in [-0.2, -0.15) is 0 Å². The van der Waals surface area contributed by atoms with Crippen LogP contribution in [-0.4, -0.2) is 25.5 Å². The van der Waals surface area contributed by atoms with Crippen LogP contribution >= 0.6 is 11.6 Å². The molecule has 0 radical (unpaired) electrons. The summed E-state index contributed by atoms with van der Waals surface area (Å²) in [4.78, 5) is 13.8. The largest absolute Gasteiger partial charge is 0.316 e. The predicted molar refractivity (Wildman–Crippen MR) is 78.0 cm³/mol. The van der Waals surface area contributed by atoms with Crippen molar-refractivity contribution in [3.63, 3.8) is 0 Å². The number of hydrogen-bond acceptors (Lipinski definition) is 2. The van der Waals surface area contributed by atoms with Gasteiger partial charge in [0.2, 0.25) is 5.91 Å². The molecule has 2 aliphatic heterocycles. The van der Waals surface area contributed by atoms with E-state index in [0.29, 0.717) is 0 Å². The highest BCUT2D eigenvalue weighted by Gasteiger charge is 2.42. The lowest BCUT2D eigenvalue weighted by Gasteiger charge is -2.41. The molecule has 2 heterocycles. The van der Waals surface area contributed by atoms with E-state index in [-0.39, 0.29) is 11.3 Å². The van der Waals surface area contributed by atoms with Gasteiger partial charge >= 0.3 is 0 Å². The maximum Gasteiger partial charge on any atom is 0.223 e. The zero-order chi connectivity index (χ0) is 13.6. The molecule has 3 nitrogen and oxygen atoms in total. The summed E-state index contributed by atoms with van der Waals surface area (Å²) in [7, 11) is 0. The maximum atomic E-state index is 11.9. The van der Waals surface area contributed by atoms with Crippen LogP contribution in [0.4, 0.5) is 5.69 Å². The molecule has 1 aromatic rings. The number of nitrogens with zero attached hydrogens (tertiary/aromatic N) is 1. The van der Waals surface area contributed by atoms with Crippen molar-refractivity contribution in [1.82, 2.24) is 5.32 Å². The van der Waals surface area contributed by atoms with Crippen molar-refractivity contribution in [2.45, 2.75) is 32.1 Å². The van der Waals surface area contributed by atoms with E-state index >= 15 is 0 Å². The molecule has 102 valence electrons. The average Bonchev–Trinajstić information content (AvgIpc) is 2.83. The molecular formula is C15H19ClN2O. The minimum Gasteiger partial charge on any atom is -0.316 e. The summed E-state index contributed by atoms with van der Waals surface area (Å²) >= 11 is 6.26. The molecular weight excluding hydrogens is 260 g/mol. The zero-order valence-electron chi connectivity index (χ0n) is 11.4. The van der Waals surface area contributed by atoms with E-state index in [0.717, 1.165) is 48.7 Å². The molecule has 19 heavy (non-hydrogen) atoms. The molecule has 1 fully saturated rings. The van der Waals surface area contributed by atoms with Gasteiger partial charge in [-0.1, -0.05) is 17.7 Å². The maximum absolute atomic E-state index is 11.9. The summed E-state index contributed by atoms with van der Waals surface area (Å²) in [6.07, 6.45) is 2.18. The van der Waals surface area contributed by atoms with Gasteiger partial charge in [-0.3, -0.25) is 4.79 Å². The van der Waals surface area contributed by atoms with Crippen LogP contribution in [0.15, 0.2) is 12.1 Å². The number of carbonyl (C=O) groups is 1. The molecule has 1 saturated heterocycles. The molecule has 0 aliphatic carbocycles. The lowest BCUT2D eigenvalue weighted by Crippen LogP contribution is -2.44. The van der Waals surface area contributed by atoms with Gasteiger partial charge in [0.1, 0.15) is 0 Å². The van der Waals surface area contributed by atoms with Crippen LogP contribution in [0.5, 0.6) is 0 Å². The van der Waals surface area contributed by atoms with Crippen LogP contribution in [0, 0.1) is 6.92 Å². The monoisotopic (exact) mass is 278 g/mol. The SMILES string of the molecule is CC(=O)N1CCC2(CCNC2)c2ccc(Cl)c(C)c21. The molecule has 1 amide bonds. The Morgan fingerprint density at radius 3 is 2.84 bits per heavy atom. The Bertz CT molecular complexity index is 535. The first-order valence-electron chi connectivity index (χ1n) is 6.83. The molecule has 0 bridgehead atoms. The van der Waals surface area contributed by atoms with Crippen molar-refractivity contribution in [3.05, 3.63) is 28.3 Å². The fourth-order valence-electron chi connectivity index (χ4n) is 3.53. The molecule has 1 spiro atoms. The quantitative estimate of drug-likeness (QED) is 0.791. The smallest absolute Gasteiger partial charge is 0.223 e. The zero-order valence-corrected chi connectivity index (χ0v) is 12.2. The second-order valence-corrected chi connectivity index (χ2v) is 6.10. The van der Waals surface area contributed by atoms with Crippen molar-refractivity contribution in [1.29, 1.82) is 0 Å². The third-order valence-electron chi connectivity index (χ3n) is 4.64. The van der Waals surface area contributed by atoms with Gasteiger partial charge in [0.05, 0.1) is 5.69 Å². The minimum absolute atomic E-state index is 0.104. The number of amides is 1. The minimum atomic E-state index is 0.104. The van der Waals surface area contributed by atoms with Crippen molar-refractivity contribution in [3.8, 4) is 0 Å². The predicted octanol–water partition coefficient (Wildman–Crippen LogP) is 2.64. The van der Waals surface area contributed by atoms with Gasteiger partial charge in [-0.25, -0.2) is 0 Å². The first-order valence-corrected chi connectivity index (χ1v) is 7.21. The van der Waals surface area contributed by atoms with Gasteiger partial charge in [0, 0.05) is 30.5 Å². The van der Waals surface area contributed by atoms with E-state index in [1.807, 2.05) is 17.9 Å². The number of halogens is 1. The number of carbonyl (C=O) groups excluding carboxylic acids is 1. The highest BCUT2D eigenvalue weighted by molar-refractivity contribution is 6.32. The number of anilines is 1. The molecule has 1 aromatic carbocycles. The molecule has 4 heteroatoms. The summed E-state index contributed by atoms with van der Waals surface area (Å²) in [6, 6.07) is 4.09. The number of nitrogens with one attached hydrogen (secondary N) is 1. The Kier molecular flexibility index (Phi) is 3.06. The van der Waals surface area contributed by atoms with Crippen LogP contribution in [0.3, 0.4) is 0 Å². The fourth-order valence-corrected chi connectivity index (χ4v) is 3.68. The molecule has 0 aromatic heterocycles.